The molecule has 4 heterocycles. The fourth-order valence-corrected chi connectivity index (χ4v) is 5.17. The minimum Gasteiger partial charge on any atom is -0.486 e. The second kappa shape index (κ2) is 7.05. The van der Waals surface area contributed by atoms with E-state index in [4.69, 9.17) is 21.1 Å². The maximum Gasteiger partial charge on any atom is 0.253 e. The number of nitrogens with zero attached hydrogens (tertiary/aromatic N) is 2. The van der Waals surface area contributed by atoms with Gasteiger partial charge in [-0.05, 0) is 43.2 Å². The predicted octanol–water partition coefficient (Wildman–Crippen LogP) is 4.27. The van der Waals surface area contributed by atoms with Gasteiger partial charge in [0.15, 0.2) is 0 Å². The normalized spacial score (nSPS) is 25.5. The molecule has 0 unspecified atom stereocenters. The van der Waals surface area contributed by atoms with Crippen LogP contribution in [0.4, 0.5) is 0 Å². The van der Waals surface area contributed by atoms with Crippen LogP contribution in [0, 0.1) is 5.92 Å². The van der Waals surface area contributed by atoms with Crippen molar-refractivity contribution in [3.05, 3.63) is 58.9 Å². The molecule has 28 heavy (non-hydrogen) atoms. The summed E-state index contributed by atoms with van der Waals surface area (Å²) in [6.07, 6.45) is 7.10. The summed E-state index contributed by atoms with van der Waals surface area (Å²) in [5.41, 5.74) is 1.48. The first kappa shape index (κ1) is 18.0. The highest BCUT2D eigenvalue weighted by atomic mass is 35.5. The molecule has 6 heteroatoms. The van der Waals surface area contributed by atoms with E-state index in [9.17, 15) is 4.79 Å². The maximum atomic E-state index is 12.8. The third-order valence-corrected chi connectivity index (χ3v) is 6.65. The Morgan fingerprint density at radius 2 is 1.96 bits per heavy atom. The standard InChI is InChI=1S/C22H23ClN2O3/c23-16-3-4-19-17(14-16)20-18(2-1-13-27-20)22(28-19)7-11-25(12-8-22)21(26)15-5-9-24-10-6-15/h3-6,9-10,14,18,20H,1-2,7-8,11-13H2/t18-,20+/m0/s1. The molecule has 0 radical (unpaired) electrons. The van der Waals surface area contributed by atoms with E-state index in [1.165, 1.54) is 0 Å². The van der Waals surface area contributed by atoms with Gasteiger partial charge in [-0.2, -0.15) is 0 Å². The van der Waals surface area contributed by atoms with Gasteiger partial charge in [-0.15, -0.1) is 0 Å². The van der Waals surface area contributed by atoms with E-state index in [0.717, 1.165) is 43.6 Å². The van der Waals surface area contributed by atoms with E-state index < -0.39 is 0 Å². The van der Waals surface area contributed by atoms with Crippen LogP contribution in [0.3, 0.4) is 0 Å². The Kier molecular flexibility index (Phi) is 4.52. The number of halogens is 1. The van der Waals surface area contributed by atoms with E-state index >= 15 is 0 Å². The SMILES string of the molecule is O=C(c1ccncc1)N1CCC2(CC1)Oc1ccc(Cl)cc1[C@H]1OCCC[C@@H]12. The van der Waals surface area contributed by atoms with Gasteiger partial charge in [0.25, 0.3) is 5.91 Å². The monoisotopic (exact) mass is 398 g/mol. The summed E-state index contributed by atoms with van der Waals surface area (Å²) in [5.74, 6) is 1.24. The van der Waals surface area contributed by atoms with Crippen LogP contribution in [0.25, 0.3) is 0 Å². The number of hydrogen-bond acceptors (Lipinski definition) is 4. The Morgan fingerprint density at radius 1 is 1.18 bits per heavy atom. The number of ether oxygens (including phenoxy) is 2. The Balaban J connectivity index is 1.40. The molecule has 146 valence electrons. The average molecular weight is 399 g/mol. The molecule has 1 aromatic heterocycles. The minimum absolute atomic E-state index is 0.0265. The highest BCUT2D eigenvalue weighted by Gasteiger charge is 2.52. The molecular weight excluding hydrogens is 376 g/mol. The summed E-state index contributed by atoms with van der Waals surface area (Å²) < 4.78 is 12.8. The number of likely N-dealkylation sites (tertiary alicyclic amines) is 1. The smallest absolute Gasteiger partial charge is 0.253 e. The van der Waals surface area contributed by atoms with Crippen LogP contribution in [0.2, 0.25) is 5.02 Å². The predicted molar refractivity (Wildman–Crippen MR) is 106 cm³/mol. The van der Waals surface area contributed by atoms with Crippen molar-refractivity contribution in [2.45, 2.75) is 37.4 Å². The molecule has 5 nitrogen and oxygen atoms in total. The highest BCUT2D eigenvalue weighted by Crippen LogP contribution is 2.53. The minimum atomic E-state index is -0.277. The van der Waals surface area contributed by atoms with Gasteiger partial charge in [0.2, 0.25) is 0 Å². The first-order chi connectivity index (χ1) is 13.7. The largest absolute Gasteiger partial charge is 0.486 e. The third-order valence-electron chi connectivity index (χ3n) is 6.41. The van der Waals surface area contributed by atoms with Gasteiger partial charge in [-0.3, -0.25) is 9.78 Å². The van der Waals surface area contributed by atoms with E-state index in [0.29, 0.717) is 29.6 Å². The lowest BCUT2D eigenvalue weighted by Crippen LogP contribution is -2.57. The van der Waals surface area contributed by atoms with Crippen LogP contribution in [-0.4, -0.2) is 41.1 Å². The number of aromatic nitrogens is 1. The number of benzene rings is 1. The molecule has 5 rings (SSSR count). The van der Waals surface area contributed by atoms with Crippen molar-refractivity contribution in [2.75, 3.05) is 19.7 Å². The van der Waals surface area contributed by atoms with E-state index in [1.807, 2.05) is 23.1 Å². The Labute approximate surface area is 169 Å². The molecule has 0 bridgehead atoms. The van der Waals surface area contributed by atoms with Crippen LogP contribution < -0.4 is 4.74 Å². The molecule has 1 aromatic carbocycles. The number of carbonyl (C=O) groups excluding carboxylic acids is 1. The van der Waals surface area contributed by atoms with Crippen molar-refractivity contribution in [1.29, 1.82) is 0 Å². The lowest BCUT2D eigenvalue weighted by molar-refractivity contribution is -0.147. The topological polar surface area (TPSA) is 51.7 Å². The van der Waals surface area contributed by atoms with Crippen molar-refractivity contribution >= 4 is 17.5 Å². The summed E-state index contributed by atoms with van der Waals surface area (Å²) >= 11 is 6.24. The van der Waals surface area contributed by atoms with Crippen molar-refractivity contribution in [2.24, 2.45) is 5.92 Å². The maximum absolute atomic E-state index is 12.8. The van der Waals surface area contributed by atoms with E-state index in [-0.39, 0.29) is 17.6 Å². The van der Waals surface area contributed by atoms with Crippen LogP contribution in [0.5, 0.6) is 5.75 Å². The zero-order chi connectivity index (χ0) is 19.1. The van der Waals surface area contributed by atoms with Crippen LogP contribution >= 0.6 is 11.6 Å². The molecule has 3 aliphatic heterocycles. The number of piperidine rings is 1. The first-order valence-electron chi connectivity index (χ1n) is 9.96. The third kappa shape index (κ3) is 2.97. The van der Waals surface area contributed by atoms with E-state index in [1.54, 1.807) is 24.5 Å². The molecule has 3 aliphatic rings. The molecule has 2 saturated heterocycles. The summed E-state index contributed by atoms with van der Waals surface area (Å²) in [6, 6.07) is 9.36. The van der Waals surface area contributed by atoms with Gasteiger partial charge in [0, 0.05) is 67.0 Å². The summed E-state index contributed by atoms with van der Waals surface area (Å²) in [5, 5.41) is 0.712. The second-order valence-corrected chi connectivity index (χ2v) is 8.35. The molecule has 1 spiro atoms. The number of amides is 1. The van der Waals surface area contributed by atoms with Crippen molar-refractivity contribution in [3.8, 4) is 5.75 Å². The second-order valence-electron chi connectivity index (χ2n) is 7.92. The van der Waals surface area contributed by atoms with Crippen LogP contribution in [0.15, 0.2) is 42.7 Å². The van der Waals surface area contributed by atoms with Gasteiger partial charge >= 0.3 is 0 Å². The molecular formula is C22H23ClN2O3. The zero-order valence-corrected chi connectivity index (χ0v) is 16.4. The quantitative estimate of drug-likeness (QED) is 0.719. The number of carbonyl (C=O) groups is 1. The van der Waals surface area contributed by atoms with Gasteiger partial charge in [-0.25, -0.2) is 0 Å². The van der Waals surface area contributed by atoms with Gasteiger partial charge in [0.1, 0.15) is 11.4 Å². The van der Waals surface area contributed by atoms with E-state index in [2.05, 4.69) is 4.98 Å². The molecule has 2 fully saturated rings. The Morgan fingerprint density at radius 3 is 2.75 bits per heavy atom. The molecule has 0 aliphatic carbocycles. The molecule has 1 amide bonds. The molecule has 0 saturated carbocycles. The molecule has 0 N–H and O–H groups in total. The summed E-state index contributed by atoms with van der Waals surface area (Å²) in [7, 11) is 0. The lowest BCUT2D eigenvalue weighted by Gasteiger charge is -2.53. The summed E-state index contributed by atoms with van der Waals surface area (Å²) in [4.78, 5) is 18.7. The van der Waals surface area contributed by atoms with Crippen LogP contribution in [0.1, 0.15) is 47.7 Å². The fourth-order valence-electron chi connectivity index (χ4n) is 4.99. The average Bonchev–Trinajstić information content (AvgIpc) is 2.75. The Bertz CT molecular complexity index is 881. The van der Waals surface area contributed by atoms with Crippen LogP contribution in [-0.2, 0) is 4.74 Å². The number of pyridine rings is 1. The van der Waals surface area contributed by atoms with Gasteiger partial charge < -0.3 is 14.4 Å². The fraction of sp³-hybridized carbons (Fsp3) is 0.455. The first-order valence-corrected chi connectivity index (χ1v) is 10.3. The van der Waals surface area contributed by atoms with Crippen molar-refractivity contribution in [3.63, 3.8) is 0 Å². The number of hydrogen-bond donors (Lipinski definition) is 0. The van der Waals surface area contributed by atoms with Crippen molar-refractivity contribution < 1.29 is 14.3 Å². The number of fused-ring (bicyclic) bond motifs is 4. The highest BCUT2D eigenvalue weighted by molar-refractivity contribution is 6.30. The van der Waals surface area contributed by atoms with Gasteiger partial charge in [0.05, 0.1) is 6.10 Å². The zero-order valence-electron chi connectivity index (χ0n) is 15.6. The number of rotatable bonds is 1. The van der Waals surface area contributed by atoms with Crippen molar-refractivity contribution in [1.82, 2.24) is 9.88 Å². The lowest BCUT2D eigenvalue weighted by atomic mass is 9.70. The van der Waals surface area contributed by atoms with Gasteiger partial charge in [-0.1, -0.05) is 11.6 Å². The molecule has 2 aromatic rings. The molecule has 2 atom stereocenters. The Hall–Kier alpha value is -2.11. The summed E-state index contributed by atoms with van der Waals surface area (Å²) in [6.45, 7) is 2.15.